The number of carbonyl (C=O) groups excluding carboxylic acids is 2. The van der Waals surface area contributed by atoms with Gasteiger partial charge < -0.3 is 4.90 Å². The number of imide groups is 1. The van der Waals surface area contributed by atoms with Gasteiger partial charge in [-0.1, -0.05) is 80.4 Å². The molecule has 4 heteroatoms. The van der Waals surface area contributed by atoms with E-state index >= 15 is 0 Å². The monoisotopic (exact) mass is 364 g/mol. The van der Waals surface area contributed by atoms with Crippen LogP contribution in [-0.4, -0.2) is 40.9 Å². The average molecular weight is 364 g/mol. The fourth-order valence-electron chi connectivity index (χ4n) is 3.61. The maximum absolute atomic E-state index is 13.0. The summed E-state index contributed by atoms with van der Waals surface area (Å²) in [4.78, 5) is 29.2. The van der Waals surface area contributed by atoms with Gasteiger partial charge in [0.1, 0.15) is 6.04 Å². The van der Waals surface area contributed by atoms with Crippen molar-refractivity contribution in [3.63, 3.8) is 0 Å². The van der Waals surface area contributed by atoms with Crippen molar-refractivity contribution in [3.05, 3.63) is 71.8 Å². The van der Waals surface area contributed by atoms with Crippen LogP contribution in [0.25, 0.3) is 0 Å². The van der Waals surface area contributed by atoms with Gasteiger partial charge in [0.25, 0.3) is 5.91 Å². The normalized spacial score (nSPS) is 17.0. The Balaban J connectivity index is 1.72. The van der Waals surface area contributed by atoms with Crippen molar-refractivity contribution in [2.75, 3.05) is 13.1 Å². The van der Waals surface area contributed by atoms with E-state index in [0.717, 1.165) is 30.4 Å². The third-order valence-electron chi connectivity index (χ3n) is 5.15. The Labute approximate surface area is 161 Å². The zero-order valence-electron chi connectivity index (χ0n) is 16.0. The third-order valence-corrected chi connectivity index (χ3v) is 5.15. The van der Waals surface area contributed by atoms with Crippen LogP contribution in [0.4, 0.5) is 4.79 Å². The largest absolute Gasteiger partial charge is 0.327 e. The summed E-state index contributed by atoms with van der Waals surface area (Å²) in [7, 11) is 0. The molecule has 0 radical (unpaired) electrons. The van der Waals surface area contributed by atoms with E-state index in [9.17, 15) is 9.59 Å². The van der Waals surface area contributed by atoms with E-state index < -0.39 is 0 Å². The molecule has 4 nitrogen and oxygen atoms in total. The van der Waals surface area contributed by atoms with Gasteiger partial charge in [-0.25, -0.2) is 4.79 Å². The maximum Gasteiger partial charge on any atom is 0.327 e. The number of hydrogen-bond acceptors (Lipinski definition) is 2. The maximum atomic E-state index is 13.0. The molecule has 2 aromatic carbocycles. The van der Waals surface area contributed by atoms with E-state index in [0.29, 0.717) is 25.9 Å². The van der Waals surface area contributed by atoms with Crippen LogP contribution in [0.15, 0.2) is 60.7 Å². The first-order valence-corrected chi connectivity index (χ1v) is 9.90. The van der Waals surface area contributed by atoms with Gasteiger partial charge in [-0.2, -0.15) is 0 Å². The molecule has 0 saturated carbocycles. The lowest BCUT2D eigenvalue weighted by Crippen LogP contribution is -2.37. The lowest BCUT2D eigenvalue weighted by molar-refractivity contribution is -0.128. The van der Waals surface area contributed by atoms with Gasteiger partial charge >= 0.3 is 6.03 Å². The molecule has 3 amide bonds. The fourth-order valence-corrected chi connectivity index (χ4v) is 3.61. The first kappa shape index (κ1) is 19.2. The topological polar surface area (TPSA) is 40.6 Å². The summed E-state index contributed by atoms with van der Waals surface area (Å²) in [5.74, 6) is -0.0590. The molecule has 1 atom stereocenters. The summed E-state index contributed by atoms with van der Waals surface area (Å²) in [5.41, 5.74) is 2.23. The van der Waals surface area contributed by atoms with Crippen molar-refractivity contribution in [3.8, 4) is 0 Å². The minimum atomic E-state index is -0.382. The standard InChI is InChI=1S/C23H28N2O2/c1-2-3-10-16-24-21(18-20-13-8-5-9-14-20)22(26)25(23(24)27)17-15-19-11-6-4-7-12-19/h4-9,11-14,21H,2-3,10,15-18H2,1H3/t21-/m0/s1. The minimum Gasteiger partial charge on any atom is -0.312 e. The molecule has 0 aliphatic carbocycles. The van der Waals surface area contributed by atoms with Crippen LogP contribution in [-0.2, 0) is 17.6 Å². The second kappa shape index (κ2) is 9.36. The quantitative estimate of drug-likeness (QED) is 0.492. The van der Waals surface area contributed by atoms with E-state index in [2.05, 4.69) is 6.92 Å². The van der Waals surface area contributed by atoms with Gasteiger partial charge in [-0.3, -0.25) is 9.69 Å². The van der Waals surface area contributed by atoms with E-state index in [-0.39, 0.29) is 18.0 Å². The van der Waals surface area contributed by atoms with Gasteiger partial charge in [0.2, 0.25) is 0 Å². The summed E-state index contributed by atoms with van der Waals surface area (Å²) in [6, 6.07) is 19.5. The van der Waals surface area contributed by atoms with Gasteiger partial charge in [0.05, 0.1) is 0 Å². The highest BCUT2D eigenvalue weighted by Crippen LogP contribution is 2.22. The Morgan fingerprint density at radius 2 is 1.44 bits per heavy atom. The van der Waals surface area contributed by atoms with Crippen LogP contribution in [0.3, 0.4) is 0 Å². The van der Waals surface area contributed by atoms with Crippen molar-refractivity contribution in [1.82, 2.24) is 9.80 Å². The third kappa shape index (κ3) is 4.76. The van der Waals surface area contributed by atoms with Crippen LogP contribution < -0.4 is 0 Å². The molecule has 1 aliphatic rings. The molecular formula is C23H28N2O2. The predicted molar refractivity (Wildman–Crippen MR) is 107 cm³/mol. The van der Waals surface area contributed by atoms with Crippen molar-refractivity contribution in [2.45, 2.75) is 45.1 Å². The van der Waals surface area contributed by atoms with Crippen molar-refractivity contribution in [1.29, 1.82) is 0 Å². The molecule has 0 spiro atoms. The van der Waals surface area contributed by atoms with Crippen LogP contribution in [0.2, 0.25) is 0 Å². The van der Waals surface area contributed by atoms with Gasteiger partial charge in [-0.15, -0.1) is 0 Å². The number of hydrogen-bond donors (Lipinski definition) is 0. The lowest BCUT2D eigenvalue weighted by Gasteiger charge is -2.21. The van der Waals surface area contributed by atoms with Gasteiger partial charge in [-0.05, 0) is 24.0 Å². The van der Waals surface area contributed by atoms with Crippen LogP contribution in [0.5, 0.6) is 0 Å². The molecule has 1 saturated heterocycles. The number of carbonyl (C=O) groups is 2. The second-order valence-corrected chi connectivity index (χ2v) is 7.11. The molecule has 1 fully saturated rings. The Morgan fingerprint density at radius 3 is 2.07 bits per heavy atom. The molecule has 1 aliphatic heterocycles. The molecule has 1 heterocycles. The minimum absolute atomic E-state index is 0.0590. The summed E-state index contributed by atoms with van der Waals surface area (Å²) in [5, 5.41) is 0. The van der Waals surface area contributed by atoms with Crippen LogP contribution in [0.1, 0.15) is 37.3 Å². The highest BCUT2D eigenvalue weighted by molar-refractivity contribution is 6.04. The van der Waals surface area contributed by atoms with Crippen molar-refractivity contribution in [2.24, 2.45) is 0 Å². The Morgan fingerprint density at radius 1 is 0.815 bits per heavy atom. The molecule has 0 aromatic heterocycles. The lowest BCUT2D eigenvalue weighted by atomic mass is 10.0. The van der Waals surface area contributed by atoms with E-state index in [1.54, 1.807) is 4.90 Å². The predicted octanol–water partition coefficient (Wildman–Crippen LogP) is 4.29. The number of amides is 3. The van der Waals surface area contributed by atoms with Crippen LogP contribution in [0, 0.1) is 0 Å². The first-order valence-electron chi connectivity index (χ1n) is 9.90. The first-order chi connectivity index (χ1) is 13.2. The molecule has 2 aromatic rings. The molecule has 0 bridgehead atoms. The molecule has 142 valence electrons. The zero-order valence-corrected chi connectivity index (χ0v) is 16.0. The Bertz CT molecular complexity index is 745. The van der Waals surface area contributed by atoms with Gasteiger partial charge in [0, 0.05) is 19.5 Å². The molecule has 0 N–H and O–H groups in total. The number of nitrogens with zero attached hydrogens (tertiary/aromatic N) is 2. The number of rotatable bonds is 9. The van der Waals surface area contributed by atoms with Crippen molar-refractivity contribution < 1.29 is 9.59 Å². The van der Waals surface area contributed by atoms with E-state index in [4.69, 9.17) is 0 Å². The zero-order chi connectivity index (χ0) is 19.1. The fraction of sp³-hybridized carbons (Fsp3) is 0.391. The molecule has 0 unspecified atom stereocenters. The highest BCUT2D eigenvalue weighted by atomic mass is 16.2. The SMILES string of the molecule is CCCCCN1C(=O)N(CCc2ccccc2)C(=O)[C@@H]1Cc1ccccc1. The van der Waals surface area contributed by atoms with Crippen molar-refractivity contribution >= 4 is 11.9 Å². The molecule has 27 heavy (non-hydrogen) atoms. The van der Waals surface area contributed by atoms with E-state index in [1.807, 2.05) is 60.7 Å². The number of benzene rings is 2. The Hall–Kier alpha value is -2.62. The van der Waals surface area contributed by atoms with Crippen LogP contribution >= 0.6 is 0 Å². The highest BCUT2D eigenvalue weighted by Gasteiger charge is 2.44. The summed E-state index contributed by atoms with van der Waals surface area (Å²) >= 11 is 0. The summed E-state index contributed by atoms with van der Waals surface area (Å²) in [6.45, 7) is 3.24. The molecule has 3 rings (SSSR count). The number of urea groups is 1. The Kier molecular flexibility index (Phi) is 6.64. The second-order valence-electron chi connectivity index (χ2n) is 7.11. The van der Waals surface area contributed by atoms with Gasteiger partial charge in [0.15, 0.2) is 0 Å². The molecular weight excluding hydrogens is 336 g/mol. The summed E-state index contributed by atoms with van der Waals surface area (Å²) < 4.78 is 0. The number of unbranched alkanes of at least 4 members (excludes halogenated alkanes) is 2. The average Bonchev–Trinajstić information content (AvgIpc) is 2.92. The smallest absolute Gasteiger partial charge is 0.312 e. The van der Waals surface area contributed by atoms with E-state index in [1.165, 1.54) is 4.90 Å². The summed E-state index contributed by atoms with van der Waals surface area (Å²) in [6.07, 6.45) is 4.38.